The van der Waals surface area contributed by atoms with Crippen molar-refractivity contribution in [3.8, 4) is 0 Å². The van der Waals surface area contributed by atoms with Crippen LogP contribution in [-0.4, -0.2) is 5.78 Å². The topological polar surface area (TPSA) is 17.1 Å². The molecular weight excluding hydrogens is 184 g/mol. The largest absolute Gasteiger partial charge is 0.294 e. The first-order valence-corrected chi connectivity index (χ1v) is 4.87. The molecule has 1 nitrogen and oxygen atoms in total. The van der Waals surface area contributed by atoms with E-state index in [0.29, 0.717) is 10.9 Å². The zero-order valence-electron chi connectivity index (χ0n) is 7.51. The molecule has 2 heteroatoms. The molecule has 0 saturated heterocycles. The Hall–Kier alpha value is -0.820. The highest BCUT2D eigenvalue weighted by Gasteiger charge is 2.27. The molecule has 1 aromatic carbocycles. The first-order valence-electron chi connectivity index (χ1n) is 4.49. The Balaban J connectivity index is 2.53. The summed E-state index contributed by atoms with van der Waals surface area (Å²) >= 11 is 5.98. The second-order valence-electron chi connectivity index (χ2n) is 3.53. The summed E-state index contributed by atoms with van der Waals surface area (Å²) < 4.78 is 0. The fourth-order valence-electron chi connectivity index (χ4n) is 1.65. The molecule has 0 spiro atoms. The lowest BCUT2D eigenvalue weighted by molar-refractivity contribution is 0.101. The monoisotopic (exact) mass is 194 g/mol. The van der Waals surface area contributed by atoms with Crippen LogP contribution in [0.2, 0.25) is 5.02 Å². The molecule has 0 amide bonds. The molecule has 0 N–H and O–H groups in total. The molecule has 0 atom stereocenters. The van der Waals surface area contributed by atoms with Crippen molar-refractivity contribution in [1.29, 1.82) is 0 Å². The lowest BCUT2D eigenvalue weighted by Gasteiger charge is -2.06. The van der Waals surface area contributed by atoms with Crippen molar-refractivity contribution in [3.63, 3.8) is 0 Å². The van der Waals surface area contributed by atoms with Gasteiger partial charge >= 0.3 is 0 Å². The number of carbonyl (C=O) groups is 1. The van der Waals surface area contributed by atoms with Crippen molar-refractivity contribution in [3.05, 3.63) is 34.3 Å². The number of hydrogen-bond acceptors (Lipinski definition) is 1. The molecule has 0 aromatic heterocycles. The minimum Gasteiger partial charge on any atom is -0.294 e. The summed E-state index contributed by atoms with van der Waals surface area (Å²) in [5, 5.41) is 0.594. The van der Waals surface area contributed by atoms with Gasteiger partial charge < -0.3 is 0 Å². The Labute approximate surface area is 82.7 Å². The highest BCUT2D eigenvalue weighted by Crippen LogP contribution is 2.43. The molecule has 68 valence electrons. The van der Waals surface area contributed by atoms with E-state index in [4.69, 9.17) is 11.6 Å². The maximum absolute atomic E-state index is 11.3. The molecular formula is C11H11ClO. The third kappa shape index (κ3) is 1.61. The maximum Gasteiger partial charge on any atom is 0.161 e. The van der Waals surface area contributed by atoms with Gasteiger partial charge in [0.15, 0.2) is 5.78 Å². The van der Waals surface area contributed by atoms with Gasteiger partial charge in [-0.2, -0.15) is 0 Å². The van der Waals surface area contributed by atoms with E-state index in [1.165, 1.54) is 12.8 Å². The third-order valence-corrected chi connectivity index (χ3v) is 2.73. The van der Waals surface area contributed by atoms with Crippen LogP contribution in [0.25, 0.3) is 0 Å². The van der Waals surface area contributed by atoms with E-state index in [0.717, 1.165) is 11.1 Å². The van der Waals surface area contributed by atoms with Crippen molar-refractivity contribution in [1.82, 2.24) is 0 Å². The summed E-state index contributed by atoms with van der Waals surface area (Å²) in [6, 6.07) is 5.72. The fraction of sp³-hybridized carbons (Fsp3) is 0.364. The molecule has 2 rings (SSSR count). The van der Waals surface area contributed by atoms with Crippen LogP contribution < -0.4 is 0 Å². The number of rotatable bonds is 2. The van der Waals surface area contributed by atoms with Gasteiger partial charge in [-0.1, -0.05) is 23.7 Å². The van der Waals surface area contributed by atoms with Gasteiger partial charge in [-0.25, -0.2) is 0 Å². The lowest BCUT2D eigenvalue weighted by atomic mass is 10.0. The van der Waals surface area contributed by atoms with Crippen molar-refractivity contribution < 1.29 is 4.79 Å². The zero-order chi connectivity index (χ0) is 9.42. The van der Waals surface area contributed by atoms with Crippen LogP contribution >= 0.6 is 11.6 Å². The minimum absolute atomic E-state index is 0.0764. The quantitative estimate of drug-likeness (QED) is 0.660. The van der Waals surface area contributed by atoms with Gasteiger partial charge in [0.05, 0.1) is 5.02 Å². The first-order chi connectivity index (χ1) is 6.20. The second kappa shape index (κ2) is 3.15. The fourth-order valence-corrected chi connectivity index (χ4v) is 1.96. The SMILES string of the molecule is CC(=O)c1c(Cl)cccc1C1CC1. The van der Waals surface area contributed by atoms with Crippen LogP contribution in [0.3, 0.4) is 0 Å². The predicted molar refractivity (Wildman–Crippen MR) is 53.4 cm³/mol. The van der Waals surface area contributed by atoms with Crippen molar-refractivity contribution in [2.45, 2.75) is 25.7 Å². The van der Waals surface area contributed by atoms with Crippen LogP contribution in [-0.2, 0) is 0 Å². The molecule has 13 heavy (non-hydrogen) atoms. The van der Waals surface area contributed by atoms with Gasteiger partial charge in [0.1, 0.15) is 0 Å². The predicted octanol–water partition coefficient (Wildman–Crippen LogP) is 3.42. The number of carbonyl (C=O) groups excluding carboxylic acids is 1. The van der Waals surface area contributed by atoms with E-state index in [1.807, 2.05) is 12.1 Å². The van der Waals surface area contributed by atoms with Gasteiger partial charge in [0.25, 0.3) is 0 Å². The average molecular weight is 195 g/mol. The molecule has 1 aliphatic rings. The van der Waals surface area contributed by atoms with Crippen molar-refractivity contribution in [2.24, 2.45) is 0 Å². The molecule has 0 unspecified atom stereocenters. The molecule has 1 aliphatic carbocycles. The number of benzene rings is 1. The van der Waals surface area contributed by atoms with Gasteiger partial charge in [-0.3, -0.25) is 4.79 Å². The Morgan fingerprint density at radius 3 is 2.69 bits per heavy atom. The molecule has 0 aliphatic heterocycles. The minimum atomic E-state index is 0.0764. The molecule has 0 radical (unpaired) electrons. The van der Waals surface area contributed by atoms with E-state index in [2.05, 4.69) is 0 Å². The number of halogens is 1. The Morgan fingerprint density at radius 2 is 2.15 bits per heavy atom. The van der Waals surface area contributed by atoms with Crippen molar-refractivity contribution >= 4 is 17.4 Å². The number of hydrogen-bond donors (Lipinski definition) is 0. The molecule has 0 heterocycles. The highest BCUT2D eigenvalue weighted by molar-refractivity contribution is 6.34. The molecule has 1 aromatic rings. The van der Waals surface area contributed by atoms with Crippen LogP contribution in [0.4, 0.5) is 0 Å². The summed E-state index contributed by atoms with van der Waals surface area (Å²) in [7, 11) is 0. The molecule has 1 fully saturated rings. The van der Waals surface area contributed by atoms with E-state index < -0.39 is 0 Å². The normalized spacial score (nSPS) is 15.8. The smallest absolute Gasteiger partial charge is 0.161 e. The molecule has 1 saturated carbocycles. The number of Topliss-reactive ketones (excluding diaryl/α,β-unsaturated/α-hetero) is 1. The van der Waals surface area contributed by atoms with Crippen LogP contribution in [0, 0.1) is 0 Å². The number of ketones is 1. The highest BCUT2D eigenvalue weighted by atomic mass is 35.5. The summed E-state index contributed by atoms with van der Waals surface area (Å²) in [4.78, 5) is 11.3. The zero-order valence-corrected chi connectivity index (χ0v) is 8.27. The van der Waals surface area contributed by atoms with E-state index >= 15 is 0 Å². The molecule has 0 bridgehead atoms. The average Bonchev–Trinajstić information content (AvgIpc) is 2.85. The van der Waals surface area contributed by atoms with E-state index in [1.54, 1.807) is 13.0 Å². The van der Waals surface area contributed by atoms with E-state index in [9.17, 15) is 4.79 Å². The van der Waals surface area contributed by atoms with Gasteiger partial charge in [-0.05, 0) is 37.3 Å². The third-order valence-electron chi connectivity index (χ3n) is 2.42. The Morgan fingerprint density at radius 1 is 1.46 bits per heavy atom. The summed E-state index contributed by atoms with van der Waals surface area (Å²) in [6.07, 6.45) is 2.39. The Kier molecular flexibility index (Phi) is 2.12. The van der Waals surface area contributed by atoms with Crippen molar-refractivity contribution in [2.75, 3.05) is 0 Å². The van der Waals surface area contributed by atoms with Crippen LogP contribution in [0.5, 0.6) is 0 Å². The standard InChI is InChI=1S/C11H11ClO/c1-7(13)11-9(8-5-6-8)3-2-4-10(11)12/h2-4,8H,5-6H2,1H3. The van der Waals surface area contributed by atoms with Crippen LogP contribution in [0.1, 0.15) is 41.6 Å². The summed E-state index contributed by atoms with van der Waals surface area (Å²) in [5.74, 6) is 0.658. The maximum atomic E-state index is 11.3. The summed E-state index contributed by atoms with van der Waals surface area (Å²) in [5.41, 5.74) is 1.87. The first kappa shape index (κ1) is 8.76. The van der Waals surface area contributed by atoms with Crippen LogP contribution in [0.15, 0.2) is 18.2 Å². The Bertz CT molecular complexity index is 353. The van der Waals surface area contributed by atoms with E-state index in [-0.39, 0.29) is 5.78 Å². The lowest BCUT2D eigenvalue weighted by Crippen LogP contribution is -1.99. The van der Waals surface area contributed by atoms with Gasteiger partial charge in [-0.15, -0.1) is 0 Å². The summed E-state index contributed by atoms with van der Waals surface area (Å²) in [6.45, 7) is 1.58. The second-order valence-corrected chi connectivity index (χ2v) is 3.94. The van der Waals surface area contributed by atoms with Gasteiger partial charge in [0, 0.05) is 5.56 Å². The van der Waals surface area contributed by atoms with Gasteiger partial charge in [0.2, 0.25) is 0 Å².